The average molecular weight is 527 g/mol. The first-order valence-electron chi connectivity index (χ1n) is 12.8. The third-order valence-corrected chi connectivity index (χ3v) is 6.59. The van der Waals surface area contributed by atoms with Crippen LogP contribution >= 0.6 is 0 Å². The van der Waals surface area contributed by atoms with Gasteiger partial charge in [-0.1, -0.05) is 48.5 Å². The Morgan fingerprint density at radius 2 is 1.44 bits per heavy atom. The van der Waals surface area contributed by atoms with E-state index in [1.54, 1.807) is 49.2 Å². The summed E-state index contributed by atoms with van der Waals surface area (Å²) in [6, 6.07) is 14.4. The maximum absolute atomic E-state index is 13.8. The molecule has 0 bridgehead atoms. The van der Waals surface area contributed by atoms with E-state index in [4.69, 9.17) is 9.47 Å². The van der Waals surface area contributed by atoms with Gasteiger partial charge in [0.05, 0.1) is 17.2 Å². The van der Waals surface area contributed by atoms with E-state index < -0.39 is 23.7 Å². The summed E-state index contributed by atoms with van der Waals surface area (Å²) in [4.78, 5) is 51.5. The number of benzene rings is 2. The Morgan fingerprint density at radius 3 is 2.08 bits per heavy atom. The lowest BCUT2D eigenvalue weighted by atomic mass is 10.0. The predicted molar refractivity (Wildman–Crippen MR) is 146 cm³/mol. The summed E-state index contributed by atoms with van der Waals surface area (Å²) in [5.41, 5.74) is 0.125. The van der Waals surface area contributed by atoms with Crippen molar-refractivity contribution in [3.8, 4) is 0 Å². The molecule has 1 fully saturated rings. The summed E-state index contributed by atoms with van der Waals surface area (Å²) < 4.78 is 11.3. The van der Waals surface area contributed by atoms with Gasteiger partial charge in [0.1, 0.15) is 12.2 Å². The monoisotopic (exact) mass is 526 g/mol. The van der Waals surface area contributed by atoms with Gasteiger partial charge in [-0.25, -0.2) is 9.59 Å². The van der Waals surface area contributed by atoms with Gasteiger partial charge in [0.25, 0.3) is 5.91 Å². The van der Waals surface area contributed by atoms with Gasteiger partial charge in [0.15, 0.2) is 0 Å². The molecule has 0 spiro atoms. The van der Waals surface area contributed by atoms with Crippen molar-refractivity contribution in [3.63, 3.8) is 0 Å². The highest BCUT2D eigenvalue weighted by Crippen LogP contribution is 2.23. The topological polar surface area (TPSA) is 102 Å². The first-order chi connectivity index (χ1) is 18.7. The molecule has 9 nitrogen and oxygen atoms in total. The second-order valence-corrected chi connectivity index (χ2v) is 10.5. The van der Waals surface area contributed by atoms with Crippen molar-refractivity contribution in [1.29, 1.82) is 0 Å². The minimum atomic E-state index is -0.665. The Morgan fingerprint density at radius 1 is 0.846 bits per heavy atom. The molecule has 200 valence electrons. The number of hydrogen-bond donors (Lipinski definition) is 0. The molecular formula is C30H30N4O5. The number of nitrogens with zero attached hydrogens (tertiary/aromatic N) is 4. The standard InChI is InChI=1S/C30H30N4O5/c1-30(2,3)39-29(37)33-12-13-34(27(35)25-16-31-14-20-8-4-6-10-23(20)25)22(18-33)19-38-28(36)26-17-32-15-21-9-5-7-11-24(21)26/h4-11,14-17,22H,12-13,18-19H2,1-3H3/t22-/m1/s1. The third kappa shape index (κ3) is 5.67. The first-order valence-corrected chi connectivity index (χ1v) is 12.8. The van der Waals surface area contributed by atoms with Crippen LogP contribution in [0.4, 0.5) is 4.79 Å². The van der Waals surface area contributed by atoms with Crippen LogP contribution in [0.5, 0.6) is 0 Å². The third-order valence-electron chi connectivity index (χ3n) is 6.59. The van der Waals surface area contributed by atoms with Crippen molar-refractivity contribution >= 4 is 39.5 Å². The molecule has 4 aromatic rings. The number of rotatable bonds is 4. The van der Waals surface area contributed by atoms with E-state index in [0.29, 0.717) is 11.1 Å². The van der Waals surface area contributed by atoms with Crippen LogP contribution in [-0.2, 0) is 9.47 Å². The average Bonchev–Trinajstić information content (AvgIpc) is 2.94. The van der Waals surface area contributed by atoms with Crippen molar-refractivity contribution in [2.45, 2.75) is 32.4 Å². The fourth-order valence-corrected chi connectivity index (χ4v) is 4.73. The lowest BCUT2D eigenvalue weighted by Crippen LogP contribution is -2.58. The molecule has 0 aliphatic carbocycles. The number of aromatic nitrogens is 2. The first kappa shape index (κ1) is 26.1. The summed E-state index contributed by atoms with van der Waals surface area (Å²) in [7, 11) is 0. The number of piperazine rings is 1. The number of amides is 2. The van der Waals surface area contributed by atoms with E-state index in [1.165, 1.54) is 6.20 Å². The molecule has 0 unspecified atom stereocenters. The lowest BCUT2D eigenvalue weighted by molar-refractivity contribution is -0.00775. The van der Waals surface area contributed by atoms with Gasteiger partial charge in [-0.05, 0) is 31.5 Å². The van der Waals surface area contributed by atoms with E-state index in [1.807, 2.05) is 48.5 Å². The van der Waals surface area contributed by atoms with Crippen molar-refractivity contribution in [3.05, 3.63) is 84.4 Å². The van der Waals surface area contributed by atoms with Crippen LogP contribution in [0.1, 0.15) is 41.5 Å². The normalized spacial score (nSPS) is 15.8. The molecule has 3 heterocycles. The van der Waals surface area contributed by atoms with Crippen LogP contribution in [0.2, 0.25) is 0 Å². The van der Waals surface area contributed by atoms with Gasteiger partial charge in [0, 0.05) is 55.2 Å². The number of carbonyl (C=O) groups is 3. The molecule has 5 rings (SSSR count). The lowest BCUT2D eigenvalue weighted by Gasteiger charge is -2.41. The Bertz CT molecular complexity index is 1540. The van der Waals surface area contributed by atoms with Gasteiger partial charge in [-0.15, -0.1) is 0 Å². The maximum Gasteiger partial charge on any atom is 0.410 e. The zero-order valence-electron chi connectivity index (χ0n) is 22.2. The highest BCUT2D eigenvalue weighted by molar-refractivity contribution is 6.07. The van der Waals surface area contributed by atoms with Crippen molar-refractivity contribution < 1.29 is 23.9 Å². The summed E-state index contributed by atoms with van der Waals surface area (Å²) in [6.45, 7) is 5.99. The predicted octanol–water partition coefficient (Wildman–Crippen LogP) is 4.70. The zero-order chi connectivity index (χ0) is 27.6. The van der Waals surface area contributed by atoms with Crippen LogP contribution in [0, 0.1) is 0 Å². The molecule has 9 heteroatoms. The van der Waals surface area contributed by atoms with Gasteiger partial charge in [-0.2, -0.15) is 0 Å². The van der Waals surface area contributed by atoms with Crippen LogP contribution in [0.3, 0.4) is 0 Å². The molecule has 2 aromatic carbocycles. The molecule has 39 heavy (non-hydrogen) atoms. The van der Waals surface area contributed by atoms with Gasteiger partial charge in [-0.3, -0.25) is 14.8 Å². The van der Waals surface area contributed by atoms with E-state index in [9.17, 15) is 14.4 Å². The summed E-state index contributed by atoms with van der Waals surface area (Å²) in [5.74, 6) is -0.788. The number of pyridine rings is 2. The smallest absolute Gasteiger partial charge is 0.410 e. The summed E-state index contributed by atoms with van der Waals surface area (Å²) in [6.07, 6.45) is 5.95. The Hall–Kier alpha value is -4.53. The quantitative estimate of drug-likeness (QED) is 0.355. The van der Waals surface area contributed by atoms with Gasteiger partial charge in [0.2, 0.25) is 0 Å². The number of esters is 1. The minimum Gasteiger partial charge on any atom is -0.460 e. The van der Waals surface area contributed by atoms with Crippen LogP contribution in [0.15, 0.2) is 73.3 Å². The molecule has 1 atom stereocenters. The van der Waals surface area contributed by atoms with Crippen molar-refractivity contribution in [2.24, 2.45) is 0 Å². The van der Waals surface area contributed by atoms with E-state index in [2.05, 4.69) is 9.97 Å². The maximum atomic E-state index is 13.8. The molecule has 1 aliphatic rings. The SMILES string of the molecule is CC(C)(C)OC(=O)N1CCN(C(=O)c2cncc3ccccc23)[C@@H](COC(=O)c2cncc3ccccc23)C1. The second kappa shape index (κ2) is 10.7. The molecule has 2 amide bonds. The highest BCUT2D eigenvalue weighted by atomic mass is 16.6. The Labute approximate surface area is 226 Å². The number of hydrogen-bond acceptors (Lipinski definition) is 7. The number of ether oxygens (including phenoxy) is 2. The molecular weight excluding hydrogens is 496 g/mol. The molecule has 0 saturated carbocycles. The molecule has 2 aromatic heterocycles. The Kier molecular flexibility index (Phi) is 7.15. The largest absolute Gasteiger partial charge is 0.460 e. The summed E-state index contributed by atoms with van der Waals surface area (Å²) >= 11 is 0. The van der Waals surface area contributed by atoms with Crippen LogP contribution in [0.25, 0.3) is 21.5 Å². The van der Waals surface area contributed by atoms with Crippen LogP contribution in [-0.4, -0.2) is 75.6 Å². The van der Waals surface area contributed by atoms with Crippen molar-refractivity contribution in [1.82, 2.24) is 19.8 Å². The van der Waals surface area contributed by atoms with E-state index >= 15 is 0 Å². The van der Waals surface area contributed by atoms with Crippen molar-refractivity contribution in [2.75, 3.05) is 26.2 Å². The number of fused-ring (bicyclic) bond motifs is 2. The van der Waals surface area contributed by atoms with E-state index in [0.717, 1.165) is 21.5 Å². The summed E-state index contributed by atoms with van der Waals surface area (Å²) in [5, 5.41) is 3.18. The minimum absolute atomic E-state index is 0.106. The van der Waals surface area contributed by atoms with Gasteiger partial charge < -0.3 is 19.3 Å². The Balaban J connectivity index is 1.40. The fraction of sp³-hybridized carbons (Fsp3) is 0.300. The molecule has 0 N–H and O–H groups in total. The number of carbonyl (C=O) groups excluding carboxylic acids is 3. The molecule has 1 saturated heterocycles. The van der Waals surface area contributed by atoms with Gasteiger partial charge >= 0.3 is 12.1 Å². The second-order valence-electron chi connectivity index (χ2n) is 10.5. The fourth-order valence-electron chi connectivity index (χ4n) is 4.73. The highest BCUT2D eigenvalue weighted by Gasteiger charge is 2.36. The zero-order valence-corrected chi connectivity index (χ0v) is 22.2. The van der Waals surface area contributed by atoms with Crippen LogP contribution < -0.4 is 0 Å². The molecule has 0 radical (unpaired) electrons. The van der Waals surface area contributed by atoms with E-state index in [-0.39, 0.29) is 32.1 Å². The molecule has 1 aliphatic heterocycles.